The zero-order valence-electron chi connectivity index (χ0n) is 10.5. The summed E-state index contributed by atoms with van der Waals surface area (Å²) in [6.45, 7) is 0. The predicted molar refractivity (Wildman–Crippen MR) is 79.6 cm³/mol. The molecule has 0 radical (unpaired) electrons. The van der Waals surface area contributed by atoms with Gasteiger partial charge in [-0.05, 0) is 42.3 Å². The topological polar surface area (TPSA) is 59.1 Å². The molecule has 0 saturated carbocycles. The first kappa shape index (κ1) is 14.0. The van der Waals surface area contributed by atoms with E-state index in [2.05, 4.69) is 9.71 Å². The Bertz CT molecular complexity index is 727. The van der Waals surface area contributed by atoms with Gasteiger partial charge in [0.05, 0.1) is 5.02 Å². The number of thiophene rings is 1. The molecule has 20 heavy (non-hydrogen) atoms. The molecule has 1 N–H and O–H groups in total. The highest BCUT2D eigenvalue weighted by Crippen LogP contribution is 2.34. The molecule has 7 heteroatoms. The van der Waals surface area contributed by atoms with Gasteiger partial charge in [-0.2, -0.15) is 0 Å². The van der Waals surface area contributed by atoms with Crippen molar-refractivity contribution in [2.45, 2.75) is 30.2 Å². The molecule has 0 aromatic carbocycles. The fourth-order valence-corrected chi connectivity index (χ4v) is 5.09. The van der Waals surface area contributed by atoms with Crippen molar-refractivity contribution in [1.29, 1.82) is 0 Å². The largest absolute Gasteiger partial charge is 0.263 e. The van der Waals surface area contributed by atoms with Gasteiger partial charge in [0.2, 0.25) is 10.0 Å². The van der Waals surface area contributed by atoms with E-state index in [0.29, 0.717) is 0 Å². The van der Waals surface area contributed by atoms with E-state index < -0.39 is 10.0 Å². The lowest BCUT2D eigenvalue weighted by Gasteiger charge is -2.23. The number of hydrogen-bond acceptors (Lipinski definition) is 4. The lowest BCUT2D eigenvalue weighted by molar-refractivity contribution is 0.511. The summed E-state index contributed by atoms with van der Waals surface area (Å²) in [6.07, 6.45) is 5.57. The first-order chi connectivity index (χ1) is 9.58. The fourth-order valence-electron chi connectivity index (χ4n) is 2.42. The van der Waals surface area contributed by atoms with Crippen LogP contribution in [0.5, 0.6) is 0 Å². The number of pyridine rings is 1. The van der Waals surface area contributed by atoms with E-state index in [-0.39, 0.29) is 16.0 Å². The second-order valence-corrected chi connectivity index (χ2v) is 7.76. The molecule has 0 aliphatic heterocycles. The van der Waals surface area contributed by atoms with Crippen molar-refractivity contribution >= 4 is 33.0 Å². The SMILES string of the molecule is O=S(=O)(NC1CCCc2sccc21)c1cnccc1Cl. The Balaban J connectivity index is 1.91. The van der Waals surface area contributed by atoms with Crippen molar-refractivity contribution in [2.24, 2.45) is 0 Å². The third-order valence-electron chi connectivity index (χ3n) is 3.37. The third-order valence-corrected chi connectivity index (χ3v) is 6.31. The Labute approximate surface area is 126 Å². The van der Waals surface area contributed by atoms with Crippen LogP contribution in [0.4, 0.5) is 0 Å². The summed E-state index contributed by atoms with van der Waals surface area (Å²) in [5.74, 6) is 0. The van der Waals surface area contributed by atoms with Crippen LogP contribution >= 0.6 is 22.9 Å². The zero-order valence-corrected chi connectivity index (χ0v) is 12.9. The van der Waals surface area contributed by atoms with Crippen molar-refractivity contribution in [2.75, 3.05) is 0 Å². The normalized spacial score (nSPS) is 18.8. The summed E-state index contributed by atoms with van der Waals surface area (Å²) in [7, 11) is -3.65. The molecule has 1 aliphatic rings. The Morgan fingerprint density at radius 2 is 2.25 bits per heavy atom. The highest BCUT2D eigenvalue weighted by atomic mass is 35.5. The molecule has 0 spiro atoms. The summed E-state index contributed by atoms with van der Waals surface area (Å²) < 4.78 is 27.6. The van der Waals surface area contributed by atoms with E-state index in [9.17, 15) is 8.42 Å². The predicted octanol–water partition coefficient (Wildman–Crippen LogP) is 3.15. The van der Waals surface area contributed by atoms with Crippen LogP contribution in [0.2, 0.25) is 5.02 Å². The number of hydrogen-bond donors (Lipinski definition) is 1. The number of aryl methyl sites for hydroxylation is 1. The Morgan fingerprint density at radius 1 is 1.40 bits per heavy atom. The maximum atomic E-state index is 12.4. The molecule has 4 nitrogen and oxygen atoms in total. The van der Waals surface area contributed by atoms with Crippen molar-refractivity contribution in [3.05, 3.63) is 45.4 Å². The summed E-state index contributed by atoms with van der Waals surface area (Å²) in [6, 6.07) is 3.30. The zero-order chi connectivity index (χ0) is 14.2. The van der Waals surface area contributed by atoms with Crippen LogP contribution in [0.25, 0.3) is 0 Å². The Morgan fingerprint density at radius 3 is 3.05 bits per heavy atom. The first-order valence-corrected chi connectivity index (χ1v) is 9.00. The molecule has 2 heterocycles. The molecule has 1 atom stereocenters. The number of rotatable bonds is 3. The van der Waals surface area contributed by atoms with Gasteiger partial charge in [0.25, 0.3) is 0 Å². The smallest absolute Gasteiger partial charge is 0.244 e. The number of nitrogens with zero attached hydrogens (tertiary/aromatic N) is 1. The lowest BCUT2D eigenvalue weighted by atomic mass is 9.95. The van der Waals surface area contributed by atoms with Crippen LogP contribution in [-0.4, -0.2) is 13.4 Å². The molecular weight excluding hydrogens is 316 g/mol. The van der Waals surface area contributed by atoms with Gasteiger partial charge < -0.3 is 0 Å². The second kappa shape index (κ2) is 5.44. The van der Waals surface area contributed by atoms with Gasteiger partial charge >= 0.3 is 0 Å². The number of nitrogens with one attached hydrogen (secondary N) is 1. The van der Waals surface area contributed by atoms with Crippen LogP contribution in [0.1, 0.15) is 29.3 Å². The Kier molecular flexibility index (Phi) is 3.81. The van der Waals surface area contributed by atoms with Crippen molar-refractivity contribution in [1.82, 2.24) is 9.71 Å². The van der Waals surface area contributed by atoms with Gasteiger partial charge in [-0.3, -0.25) is 4.98 Å². The van der Waals surface area contributed by atoms with Gasteiger partial charge in [-0.1, -0.05) is 11.6 Å². The molecule has 0 saturated heterocycles. The molecule has 106 valence electrons. The second-order valence-electron chi connectivity index (χ2n) is 4.67. The Hall–Kier alpha value is -0.950. The molecule has 1 unspecified atom stereocenters. The molecule has 0 bridgehead atoms. The van der Waals surface area contributed by atoms with Crippen LogP contribution in [-0.2, 0) is 16.4 Å². The molecular formula is C13H13ClN2O2S2. The molecule has 1 aliphatic carbocycles. The van der Waals surface area contributed by atoms with E-state index >= 15 is 0 Å². The van der Waals surface area contributed by atoms with Crippen molar-refractivity contribution in [3.8, 4) is 0 Å². The average molecular weight is 329 g/mol. The van der Waals surface area contributed by atoms with Gasteiger partial charge in [0.1, 0.15) is 4.90 Å². The standard InChI is InChI=1S/C13H13ClN2O2S2/c14-10-4-6-15-8-13(10)20(17,18)16-11-2-1-3-12-9(11)5-7-19-12/h4-8,11,16H,1-3H2. The number of aromatic nitrogens is 1. The minimum atomic E-state index is -3.65. The minimum absolute atomic E-state index is 0.0315. The van der Waals surface area contributed by atoms with Gasteiger partial charge in [0.15, 0.2) is 0 Å². The molecule has 3 rings (SSSR count). The quantitative estimate of drug-likeness (QED) is 0.941. The number of sulfonamides is 1. The van der Waals surface area contributed by atoms with Gasteiger partial charge in [0, 0.05) is 23.3 Å². The summed E-state index contributed by atoms with van der Waals surface area (Å²) in [5.41, 5.74) is 1.09. The third kappa shape index (κ3) is 2.61. The average Bonchev–Trinajstić information content (AvgIpc) is 2.88. The molecule has 0 fully saturated rings. The lowest BCUT2D eigenvalue weighted by Crippen LogP contribution is -2.30. The van der Waals surface area contributed by atoms with E-state index in [1.54, 1.807) is 11.3 Å². The summed E-state index contributed by atoms with van der Waals surface area (Å²) in [5, 5.41) is 2.20. The fraction of sp³-hybridized carbons (Fsp3) is 0.308. The van der Waals surface area contributed by atoms with Gasteiger partial charge in [-0.25, -0.2) is 13.1 Å². The highest BCUT2D eigenvalue weighted by molar-refractivity contribution is 7.89. The molecule has 2 aromatic rings. The maximum Gasteiger partial charge on any atom is 0.244 e. The van der Waals surface area contributed by atoms with Crippen LogP contribution < -0.4 is 4.72 Å². The molecule has 0 amide bonds. The van der Waals surface area contributed by atoms with Crippen molar-refractivity contribution in [3.63, 3.8) is 0 Å². The first-order valence-electron chi connectivity index (χ1n) is 6.26. The number of halogens is 1. The molecule has 2 aromatic heterocycles. The van der Waals surface area contributed by atoms with Crippen LogP contribution in [0, 0.1) is 0 Å². The van der Waals surface area contributed by atoms with Crippen LogP contribution in [0.15, 0.2) is 34.8 Å². The van der Waals surface area contributed by atoms with Gasteiger partial charge in [-0.15, -0.1) is 11.3 Å². The van der Waals surface area contributed by atoms with E-state index in [0.717, 1.165) is 24.8 Å². The van der Waals surface area contributed by atoms with E-state index in [1.807, 2.05) is 11.4 Å². The van der Waals surface area contributed by atoms with Crippen molar-refractivity contribution < 1.29 is 8.42 Å². The minimum Gasteiger partial charge on any atom is -0.263 e. The summed E-state index contributed by atoms with van der Waals surface area (Å²) in [4.78, 5) is 5.13. The monoisotopic (exact) mass is 328 g/mol. The van der Waals surface area contributed by atoms with Crippen LogP contribution in [0.3, 0.4) is 0 Å². The highest BCUT2D eigenvalue weighted by Gasteiger charge is 2.27. The summed E-state index contributed by atoms with van der Waals surface area (Å²) >= 11 is 7.63. The van der Waals surface area contributed by atoms with E-state index in [1.165, 1.54) is 23.3 Å². The maximum absolute atomic E-state index is 12.4. The van der Waals surface area contributed by atoms with E-state index in [4.69, 9.17) is 11.6 Å². The number of fused-ring (bicyclic) bond motifs is 1.